The Morgan fingerprint density at radius 3 is 2.40 bits per heavy atom. The zero-order chi connectivity index (χ0) is 13.7. The molecule has 0 unspecified atom stereocenters. The van der Waals surface area contributed by atoms with Crippen LogP contribution in [0.2, 0.25) is 0 Å². The maximum absolute atomic E-state index is 12.5. The Bertz CT molecular complexity index is 763. The third kappa shape index (κ3) is 1.42. The molecule has 1 N–H and O–H groups in total. The Hall–Kier alpha value is -2.59. The number of benzene rings is 2. The molecule has 0 aliphatic carbocycles. The molecule has 2 aromatic carbocycles. The van der Waals surface area contributed by atoms with Gasteiger partial charge in [0.25, 0.3) is 0 Å². The van der Waals surface area contributed by atoms with Crippen LogP contribution in [-0.4, -0.2) is 16.9 Å². The van der Waals surface area contributed by atoms with Gasteiger partial charge in [0.1, 0.15) is 17.1 Å². The first-order valence-corrected chi connectivity index (χ1v) is 6.23. The van der Waals surface area contributed by atoms with Crippen LogP contribution in [0.25, 0.3) is 6.08 Å². The van der Waals surface area contributed by atoms with Crippen molar-refractivity contribution in [1.29, 1.82) is 0 Å². The number of aliphatic hydroxyl groups is 1. The van der Waals surface area contributed by atoms with Crippen LogP contribution in [0.5, 0.6) is 11.5 Å². The molecule has 2 aliphatic rings. The van der Waals surface area contributed by atoms with Gasteiger partial charge in [-0.3, -0.25) is 4.79 Å². The molecule has 2 heterocycles. The van der Waals surface area contributed by atoms with Gasteiger partial charge in [-0.25, -0.2) is 0 Å². The monoisotopic (exact) mass is 266 g/mol. The van der Waals surface area contributed by atoms with Crippen molar-refractivity contribution < 1.29 is 19.4 Å². The van der Waals surface area contributed by atoms with Gasteiger partial charge in [0, 0.05) is 5.56 Å². The first-order valence-electron chi connectivity index (χ1n) is 6.23. The Labute approximate surface area is 114 Å². The lowest BCUT2D eigenvalue weighted by Gasteiger charge is -2.37. The molecule has 0 saturated carbocycles. The van der Waals surface area contributed by atoms with Gasteiger partial charge in [0.05, 0.1) is 5.56 Å². The van der Waals surface area contributed by atoms with Gasteiger partial charge in [-0.2, -0.15) is 0 Å². The van der Waals surface area contributed by atoms with Gasteiger partial charge in [-0.1, -0.05) is 30.3 Å². The summed E-state index contributed by atoms with van der Waals surface area (Å²) >= 11 is 0. The van der Waals surface area contributed by atoms with E-state index in [4.69, 9.17) is 9.47 Å². The molecule has 4 rings (SSSR count). The van der Waals surface area contributed by atoms with E-state index in [1.54, 1.807) is 42.5 Å². The van der Waals surface area contributed by atoms with Gasteiger partial charge in [-0.05, 0) is 24.3 Å². The molecule has 0 spiro atoms. The van der Waals surface area contributed by atoms with E-state index in [9.17, 15) is 9.90 Å². The highest BCUT2D eigenvalue weighted by atomic mass is 16.8. The van der Waals surface area contributed by atoms with Crippen LogP contribution in [-0.2, 0) is 0 Å². The lowest BCUT2D eigenvalue weighted by atomic mass is 9.94. The number of fused-ring (bicyclic) bond motifs is 3. The average molecular weight is 266 g/mol. The van der Waals surface area contributed by atoms with Gasteiger partial charge in [0.2, 0.25) is 5.78 Å². The fourth-order valence-corrected chi connectivity index (χ4v) is 2.47. The Morgan fingerprint density at radius 1 is 0.900 bits per heavy atom. The maximum atomic E-state index is 12.5. The zero-order valence-corrected chi connectivity index (χ0v) is 10.4. The van der Waals surface area contributed by atoms with E-state index in [1.807, 2.05) is 12.1 Å². The van der Waals surface area contributed by atoms with Crippen LogP contribution in [0, 0.1) is 0 Å². The highest BCUT2D eigenvalue weighted by Gasteiger charge is 2.49. The van der Waals surface area contributed by atoms with Gasteiger partial charge >= 0.3 is 5.97 Å². The lowest BCUT2D eigenvalue weighted by Crippen LogP contribution is -2.50. The van der Waals surface area contributed by atoms with E-state index in [1.165, 1.54) is 0 Å². The highest BCUT2D eigenvalue weighted by molar-refractivity contribution is 6.15. The molecular weight excluding hydrogens is 256 g/mol. The van der Waals surface area contributed by atoms with Crippen molar-refractivity contribution in [2.45, 2.75) is 5.97 Å². The van der Waals surface area contributed by atoms with E-state index in [0.29, 0.717) is 17.1 Å². The summed E-state index contributed by atoms with van der Waals surface area (Å²) in [7, 11) is 0. The van der Waals surface area contributed by atoms with Crippen molar-refractivity contribution in [2.24, 2.45) is 0 Å². The first-order chi connectivity index (χ1) is 9.67. The number of Topliss-reactive ketones (excluding diaryl/α,β-unsaturated/α-hetero) is 1. The molecule has 0 radical (unpaired) electrons. The molecule has 2 aliphatic heterocycles. The summed E-state index contributed by atoms with van der Waals surface area (Å²) < 4.78 is 11.0. The van der Waals surface area contributed by atoms with Crippen LogP contribution < -0.4 is 9.47 Å². The Balaban J connectivity index is 1.94. The van der Waals surface area contributed by atoms with Gasteiger partial charge < -0.3 is 14.6 Å². The minimum Gasteiger partial charge on any atom is -0.426 e. The summed E-state index contributed by atoms with van der Waals surface area (Å²) in [4.78, 5) is 12.5. The molecule has 0 amide bonds. The summed E-state index contributed by atoms with van der Waals surface area (Å²) in [6.07, 6.45) is 1.61. The lowest BCUT2D eigenvalue weighted by molar-refractivity contribution is -0.243. The minimum atomic E-state index is -2.06. The molecule has 0 bridgehead atoms. The number of ether oxygens (including phenoxy) is 2. The van der Waals surface area contributed by atoms with Gasteiger partial charge in [0.15, 0.2) is 0 Å². The molecule has 20 heavy (non-hydrogen) atoms. The Morgan fingerprint density at radius 2 is 1.55 bits per heavy atom. The van der Waals surface area contributed by atoms with Crippen molar-refractivity contribution in [3.63, 3.8) is 0 Å². The molecule has 1 atom stereocenters. The molecule has 4 heteroatoms. The van der Waals surface area contributed by atoms with Crippen molar-refractivity contribution in [3.8, 4) is 11.5 Å². The molecule has 2 aromatic rings. The second-order valence-corrected chi connectivity index (χ2v) is 4.71. The summed E-state index contributed by atoms with van der Waals surface area (Å²) in [6.45, 7) is 0. The molecular formula is C16H10O4. The Kier molecular flexibility index (Phi) is 2.09. The summed E-state index contributed by atoms with van der Waals surface area (Å²) in [5.74, 6) is -1.55. The highest BCUT2D eigenvalue weighted by Crippen LogP contribution is 2.41. The summed E-state index contributed by atoms with van der Waals surface area (Å²) in [5.41, 5.74) is 1.25. The third-order valence-corrected chi connectivity index (χ3v) is 3.43. The van der Waals surface area contributed by atoms with Crippen LogP contribution in [0.4, 0.5) is 0 Å². The van der Waals surface area contributed by atoms with Crippen LogP contribution in [0.15, 0.2) is 54.1 Å². The van der Waals surface area contributed by atoms with Crippen LogP contribution >= 0.6 is 0 Å². The van der Waals surface area contributed by atoms with E-state index in [2.05, 4.69) is 0 Å². The smallest absolute Gasteiger partial charge is 0.403 e. The number of hydrogen-bond donors (Lipinski definition) is 1. The normalized spacial score (nSPS) is 22.6. The first kappa shape index (κ1) is 11.3. The molecule has 98 valence electrons. The second kappa shape index (κ2) is 3.71. The van der Waals surface area contributed by atoms with Crippen molar-refractivity contribution in [3.05, 3.63) is 65.2 Å². The van der Waals surface area contributed by atoms with Crippen molar-refractivity contribution in [1.82, 2.24) is 0 Å². The average Bonchev–Trinajstić information content (AvgIpc) is 2.45. The minimum absolute atomic E-state index is 0.0925. The number of rotatable bonds is 0. The largest absolute Gasteiger partial charge is 0.426 e. The van der Waals surface area contributed by atoms with E-state index in [0.717, 1.165) is 5.56 Å². The fraction of sp³-hybridized carbons (Fsp3) is 0.0625. The van der Waals surface area contributed by atoms with Crippen LogP contribution in [0.3, 0.4) is 0 Å². The summed E-state index contributed by atoms with van der Waals surface area (Å²) in [5, 5.41) is 10.5. The molecule has 0 fully saturated rings. The second-order valence-electron chi connectivity index (χ2n) is 4.71. The quantitative estimate of drug-likeness (QED) is 0.795. The third-order valence-electron chi connectivity index (χ3n) is 3.43. The van der Waals surface area contributed by atoms with Crippen molar-refractivity contribution >= 4 is 11.9 Å². The topological polar surface area (TPSA) is 55.8 Å². The zero-order valence-electron chi connectivity index (χ0n) is 10.4. The number of ketones is 1. The number of para-hydroxylation sites is 2. The molecule has 4 nitrogen and oxygen atoms in total. The van der Waals surface area contributed by atoms with E-state index >= 15 is 0 Å². The fourth-order valence-electron chi connectivity index (χ4n) is 2.47. The predicted molar refractivity (Wildman–Crippen MR) is 71.4 cm³/mol. The standard InChI is InChI=1S/C16H10O4/c17-15-11-6-2-4-8-14(11)20-16(18)12(15)9-10-5-1-3-7-13(10)19-16/h1-9,18H/t16-/m1/s1. The van der Waals surface area contributed by atoms with Gasteiger partial charge in [-0.15, -0.1) is 0 Å². The molecule has 0 saturated heterocycles. The van der Waals surface area contributed by atoms with E-state index < -0.39 is 5.97 Å². The number of carbonyl (C=O) groups is 1. The van der Waals surface area contributed by atoms with Crippen molar-refractivity contribution in [2.75, 3.05) is 0 Å². The summed E-state index contributed by atoms with van der Waals surface area (Å²) in [6, 6.07) is 13.9. The number of hydrogen-bond acceptors (Lipinski definition) is 4. The van der Waals surface area contributed by atoms with E-state index in [-0.39, 0.29) is 11.4 Å². The SMILES string of the molecule is O=C1C2=Cc3ccccc3O[C@@]2(O)Oc2ccccc21. The maximum Gasteiger partial charge on any atom is 0.403 e. The predicted octanol–water partition coefficient (Wildman–Crippen LogP) is 2.38. The number of carbonyl (C=O) groups excluding carboxylic acids is 1. The van der Waals surface area contributed by atoms with Crippen LogP contribution in [0.1, 0.15) is 15.9 Å². The molecule has 0 aromatic heterocycles.